The smallest absolute Gasteiger partial charge is 0.307 e. The van der Waals surface area contributed by atoms with Crippen molar-refractivity contribution in [2.24, 2.45) is 11.8 Å². The Kier molecular flexibility index (Phi) is 4.50. The number of phenols is 1. The normalized spacial score (nSPS) is 21.2. The molecule has 2 N–H and O–H groups in total. The number of aromatic hydroxyl groups is 1. The van der Waals surface area contributed by atoms with E-state index >= 15 is 0 Å². The van der Waals surface area contributed by atoms with Crippen molar-refractivity contribution < 1.29 is 19.8 Å². The first-order valence-electron chi connectivity index (χ1n) is 7.29. The van der Waals surface area contributed by atoms with Crippen LogP contribution >= 0.6 is 0 Å². The number of carbonyl (C=O) groups excluding carboxylic acids is 1. The summed E-state index contributed by atoms with van der Waals surface area (Å²) in [5.74, 6) is -2.01. The number of aliphatic carboxylic acids is 1. The Balaban J connectivity index is 2.30. The summed E-state index contributed by atoms with van der Waals surface area (Å²) < 4.78 is 0. The van der Waals surface area contributed by atoms with Gasteiger partial charge in [-0.3, -0.25) is 9.59 Å². The minimum absolute atomic E-state index is 0.100. The second-order valence-corrected chi connectivity index (χ2v) is 5.54. The fraction of sp³-hybridized carbons (Fsp3) is 0.500. The number of carboxylic acids is 1. The standard InChI is InChI=1S/C16H21NO4/c1-3-17(14-9-11(18)8-7-10(14)2)15(19)12-5-4-6-13(12)16(20)21/h7-9,12-13,18H,3-6H2,1-2H3,(H,20,21)/t12-,13+/m1/s1. The summed E-state index contributed by atoms with van der Waals surface area (Å²) in [5, 5.41) is 18.9. The van der Waals surface area contributed by atoms with E-state index in [4.69, 9.17) is 0 Å². The predicted molar refractivity (Wildman–Crippen MR) is 79.3 cm³/mol. The van der Waals surface area contributed by atoms with Crippen LogP contribution in [-0.4, -0.2) is 28.6 Å². The van der Waals surface area contributed by atoms with Crippen LogP contribution in [0.15, 0.2) is 18.2 Å². The molecule has 0 aliphatic heterocycles. The number of benzene rings is 1. The number of amides is 1. The molecule has 1 aromatic rings. The van der Waals surface area contributed by atoms with Gasteiger partial charge < -0.3 is 15.1 Å². The van der Waals surface area contributed by atoms with Crippen LogP contribution in [0.3, 0.4) is 0 Å². The van der Waals surface area contributed by atoms with E-state index in [2.05, 4.69) is 0 Å². The van der Waals surface area contributed by atoms with Crippen molar-refractivity contribution in [1.82, 2.24) is 0 Å². The predicted octanol–water partition coefficient (Wildman–Crippen LogP) is 2.55. The van der Waals surface area contributed by atoms with Crippen molar-refractivity contribution in [3.63, 3.8) is 0 Å². The third-order valence-electron chi connectivity index (χ3n) is 4.22. The van der Waals surface area contributed by atoms with Gasteiger partial charge in [0, 0.05) is 12.6 Å². The van der Waals surface area contributed by atoms with E-state index in [-0.39, 0.29) is 11.7 Å². The highest BCUT2D eigenvalue weighted by atomic mass is 16.4. The average Bonchev–Trinajstić information content (AvgIpc) is 2.92. The molecule has 1 saturated carbocycles. The molecule has 1 fully saturated rings. The molecular formula is C16H21NO4. The second-order valence-electron chi connectivity index (χ2n) is 5.54. The Morgan fingerprint density at radius 3 is 2.57 bits per heavy atom. The maximum Gasteiger partial charge on any atom is 0.307 e. The summed E-state index contributed by atoms with van der Waals surface area (Å²) in [6.45, 7) is 4.17. The highest BCUT2D eigenvalue weighted by Gasteiger charge is 2.39. The topological polar surface area (TPSA) is 77.8 Å². The first-order valence-corrected chi connectivity index (χ1v) is 7.29. The van der Waals surface area contributed by atoms with Crippen molar-refractivity contribution in [3.05, 3.63) is 23.8 Å². The van der Waals surface area contributed by atoms with E-state index in [1.54, 1.807) is 23.1 Å². The molecule has 0 bridgehead atoms. The first kappa shape index (κ1) is 15.4. The molecule has 0 unspecified atom stereocenters. The van der Waals surface area contributed by atoms with Gasteiger partial charge in [0.25, 0.3) is 0 Å². The minimum Gasteiger partial charge on any atom is -0.508 e. The number of phenolic OH excluding ortho intramolecular Hbond substituents is 1. The third-order valence-corrected chi connectivity index (χ3v) is 4.22. The number of anilines is 1. The molecule has 0 spiro atoms. The largest absolute Gasteiger partial charge is 0.508 e. The Morgan fingerprint density at radius 2 is 1.95 bits per heavy atom. The molecule has 2 atom stereocenters. The van der Waals surface area contributed by atoms with Gasteiger partial charge in [-0.1, -0.05) is 12.5 Å². The summed E-state index contributed by atoms with van der Waals surface area (Å²) in [5.41, 5.74) is 1.53. The highest BCUT2D eigenvalue weighted by molar-refractivity contribution is 5.98. The Hall–Kier alpha value is -2.04. The summed E-state index contributed by atoms with van der Waals surface area (Å²) in [6, 6.07) is 4.89. The molecule has 5 nitrogen and oxygen atoms in total. The number of hydrogen-bond donors (Lipinski definition) is 2. The summed E-state index contributed by atoms with van der Waals surface area (Å²) in [4.78, 5) is 25.6. The Labute approximate surface area is 124 Å². The van der Waals surface area contributed by atoms with E-state index in [0.717, 1.165) is 12.0 Å². The van der Waals surface area contributed by atoms with Gasteiger partial charge in [-0.25, -0.2) is 0 Å². The third kappa shape index (κ3) is 3.01. The molecular weight excluding hydrogens is 270 g/mol. The lowest BCUT2D eigenvalue weighted by Gasteiger charge is -2.27. The summed E-state index contributed by atoms with van der Waals surface area (Å²) in [6.07, 6.45) is 1.94. The molecule has 0 aromatic heterocycles. The van der Waals surface area contributed by atoms with Gasteiger partial charge in [0.15, 0.2) is 0 Å². The first-order chi connectivity index (χ1) is 9.95. The second kappa shape index (κ2) is 6.16. The van der Waals surface area contributed by atoms with E-state index in [1.807, 2.05) is 13.8 Å². The van der Waals surface area contributed by atoms with Crippen LogP contribution in [0.2, 0.25) is 0 Å². The van der Waals surface area contributed by atoms with Gasteiger partial charge in [0.1, 0.15) is 5.75 Å². The van der Waals surface area contributed by atoms with E-state index in [0.29, 0.717) is 25.1 Å². The zero-order chi connectivity index (χ0) is 15.6. The number of nitrogens with zero attached hydrogens (tertiary/aromatic N) is 1. The van der Waals surface area contributed by atoms with Crippen molar-refractivity contribution in [1.29, 1.82) is 0 Å². The van der Waals surface area contributed by atoms with Gasteiger partial charge in [-0.05, 0) is 38.3 Å². The van der Waals surface area contributed by atoms with E-state index < -0.39 is 17.8 Å². The van der Waals surface area contributed by atoms with Crippen LogP contribution in [0.25, 0.3) is 0 Å². The average molecular weight is 291 g/mol. The van der Waals surface area contributed by atoms with Crippen LogP contribution in [0.5, 0.6) is 5.75 Å². The fourth-order valence-electron chi connectivity index (χ4n) is 3.08. The lowest BCUT2D eigenvalue weighted by atomic mass is 9.94. The van der Waals surface area contributed by atoms with Crippen molar-refractivity contribution in [2.45, 2.75) is 33.1 Å². The molecule has 1 aromatic carbocycles. The van der Waals surface area contributed by atoms with Crippen LogP contribution in [-0.2, 0) is 9.59 Å². The highest BCUT2D eigenvalue weighted by Crippen LogP contribution is 2.35. The van der Waals surface area contributed by atoms with Crippen LogP contribution in [0.4, 0.5) is 5.69 Å². The van der Waals surface area contributed by atoms with Gasteiger partial charge >= 0.3 is 5.97 Å². The SMILES string of the molecule is CCN(C(=O)[C@@H]1CCC[C@@H]1C(=O)O)c1cc(O)ccc1C. The van der Waals surface area contributed by atoms with Crippen LogP contribution in [0.1, 0.15) is 31.7 Å². The zero-order valence-corrected chi connectivity index (χ0v) is 12.4. The van der Waals surface area contributed by atoms with Crippen LogP contribution < -0.4 is 4.90 Å². The van der Waals surface area contributed by atoms with Gasteiger partial charge in [0.2, 0.25) is 5.91 Å². The monoisotopic (exact) mass is 291 g/mol. The lowest BCUT2D eigenvalue weighted by molar-refractivity contribution is -0.145. The molecule has 0 saturated heterocycles. The number of carboxylic acid groups (broad SMARTS) is 1. The fourth-order valence-corrected chi connectivity index (χ4v) is 3.08. The summed E-state index contributed by atoms with van der Waals surface area (Å²) >= 11 is 0. The molecule has 5 heteroatoms. The Morgan fingerprint density at radius 1 is 1.29 bits per heavy atom. The van der Waals surface area contributed by atoms with Crippen LogP contribution in [0, 0.1) is 18.8 Å². The molecule has 1 aliphatic carbocycles. The molecule has 0 heterocycles. The maximum atomic E-state index is 12.7. The lowest BCUT2D eigenvalue weighted by Crippen LogP contribution is -2.39. The van der Waals surface area contributed by atoms with Crippen molar-refractivity contribution in [2.75, 3.05) is 11.4 Å². The molecule has 1 amide bonds. The van der Waals surface area contributed by atoms with Gasteiger partial charge in [-0.15, -0.1) is 0 Å². The Bertz CT molecular complexity index is 555. The quantitative estimate of drug-likeness (QED) is 0.893. The number of aryl methyl sites for hydroxylation is 1. The molecule has 2 rings (SSSR count). The summed E-state index contributed by atoms with van der Waals surface area (Å²) in [7, 11) is 0. The number of hydrogen-bond acceptors (Lipinski definition) is 3. The van der Waals surface area contributed by atoms with E-state index in [9.17, 15) is 19.8 Å². The molecule has 1 aliphatic rings. The molecule has 0 radical (unpaired) electrons. The number of rotatable bonds is 4. The minimum atomic E-state index is -0.894. The number of carbonyl (C=O) groups is 2. The van der Waals surface area contributed by atoms with Gasteiger partial charge in [0.05, 0.1) is 17.5 Å². The molecule has 114 valence electrons. The van der Waals surface area contributed by atoms with Crippen molar-refractivity contribution in [3.8, 4) is 5.75 Å². The molecule has 21 heavy (non-hydrogen) atoms. The van der Waals surface area contributed by atoms with Gasteiger partial charge in [-0.2, -0.15) is 0 Å². The van der Waals surface area contributed by atoms with Crippen molar-refractivity contribution >= 4 is 17.6 Å². The zero-order valence-electron chi connectivity index (χ0n) is 12.4. The van der Waals surface area contributed by atoms with E-state index in [1.165, 1.54) is 0 Å². The maximum absolute atomic E-state index is 12.7.